The lowest BCUT2D eigenvalue weighted by Gasteiger charge is -2.20. The van der Waals surface area contributed by atoms with Crippen LogP contribution in [0.1, 0.15) is 37.8 Å². The molecule has 2 heteroatoms. The molecule has 1 aliphatic carbocycles. The van der Waals surface area contributed by atoms with Gasteiger partial charge in [-0.2, -0.15) is 0 Å². The largest absolute Gasteiger partial charge is 0.392 e. The van der Waals surface area contributed by atoms with E-state index in [1.165, 1.54) is 18.4 Å². The molecule has 0 bridgehead atoms. The lowest BCUT2D eigenvalue weighted by Crippen LogP contribution is -2.32. The van der Waals surface area contributed by atoms with E-state index in [4.69, 9.17) is 5.11 Å². The van der Waals surface area contributed by atoms with Crippen LogP contribution in [0.3, 0.4) is 0 Å². The summed E-state index contributed by atoms with van der Waals surface area (Å²) in [7, 11) is 0. The molecule has 1 saturated carbocycles. The normalized spacial score (nSPS) is 19.4. The highest BCUT2D eigenvalue weighted by molar-refractivity contribution is 5.22. The first-order chi connectivity index (χ1) is 7.64. The third kappa shape index (κ3) is 2.63. The van der Waals surface area contributed by atoms with E-state index in [9.17, 15) is 0 Å². The van der Waals surface area contributed by atoms with Gasteiger partial charge in [0, 0.05) is 12.6 Å². The third-order valence-corrected chi connectivity index (χ3v) is 3.90. The van der Waals surface area contributed by atoms with Gasteiger partial charge in [-0.3, -0.25) is 0 Å². The highest BCUT2D eigenvalue weighted by atomic mass is 16.3. The van der Waals surface area contributed by atoms with Crippen LogP contribution in [0, 0.1) is 5.41 Å². The molecule has 16 heavy (non-hydrogen) atoms. The molecular weight excluding hydrogens is 198 g/mol. The molecule has 0 radical (unpaired) electrons. The summed E-state index contributed by atoms with van der Waals surface area (Å²) in [5, 5.41) is 12.5. The van der Waals surface area contributed by atoms with E-state index in [-0.39, 0.29) is 6.61 Å². The first-order valence-corrected chi connectivity index (χ1v) is 6.06. The summed E-state index contributed by atoms with van der Waals surface area (Å²) in [6.45, 7) is 5.67. The van der Waals surface area contributed by atoms with Crippen molar-refractivity contribution in [3.63, 3.8) is 0 Å². The number of aliphatic hydroxyl groups excluding tert-OH is 1. The van der Waals surface area contributed by atoms with Crippen molar-refractivity contribution >= 4 is 0 Å². The van der Waals surface area contributed by atoms with Gasteiger partial charge in [-0.05, 0) is 36.3 Å². The second-order valence-electron chi connectivity index (χ2n) is 5.23. The van der Waals surface area contributed by atoms with E-state index >= 15 is 0 Å². The smallest absolute Gasteiger partial charge is 0.0681 e. The minimum atomic E-state index is 0.127. The fourth-order valence-corrected chi connectivity index (χ4v) is 1.91. The topological polar surface area (TPSA) is 32.3 Å². The maximum Gasteiger partial charge on any atom is 0.0681 e. The Labute approximate surface area is 97.7 Å². The molecule has 88 valence electrons. The van der Waals surface area contributed by atoms with Crippen LogP contribution >= 0.6 is 0 Å². The van der Waals surface area contributed by atoms with Gasteiger partial charge in [0.1, 0.15) is 0 Å². The summed E-state index contributed by atoms with van der Waals surface area (Å²) in [6.07, 6.45) is 2.70. The van der Waals surface area contributed by atoms with Gasteiger partial charge in [-0.1, -0.05) is 31.2 Å². The molecule has 1 atom stereocenters. The summed E-state index contributed by atoms with van der Waals surface area (Å²) in [5.74, 6) is 0. The molecule has 0 aliphatic heterocycles. The van der Waals surface area contributed by atoms with Crippen LogP contribution in [0.5, 0.6) is 0 Å². The number of rotatable bonds is 5. The van der Waals surface area contributed by atoms with Crippen LogP contribution in [-0.2, 0) is 13.2 Å². The van der Waals surface area contributed by atoms with Crippen molar-refractivity contribution in [3.05, 3.63) is 35.4 Å². The summed E-state index contributed by atoms with van der Waals surface area (Å²) < 4.78 is 0. The zero-order valence-corrected chi connectivity index (χ0v) is 10.2. The number of aliphatic hydroxyl groups is 1. The summed E-state index contributed by atoms with van der Waals surface area (Å²) in [4.78, 5) is 0. The van der Waals surface area contributed by atoms with Crippen LogP contribution in [-0.4, -0.2) is 11.1 Å². The average molecular weight is 219 g/mol. The molecule has 1 aromatic carbocycles. The van der Waals surface area contributed by atoms with Crippen molar-refractivity contribution in [3.8, 4) is 0 Å². The molecule has 1 aliphatic rings. The van der Waals surface area contributed by atoms with Gasteiger partial charge in [-0.25, -0.2) is 0 Å². The number of hydrogen-bond donors (Lipinski definition) is 2. The van der Waals surface area contributed by atoms with E-state index in [0.29, 0.717) is 11.5 Å². The number of nitrogens with one attached hydrogen (secondary N) is 1. The Bertz CT molecular complexity index is 340. The third-order valence-electron chi connectivity index (χ3n) is 3.90. The van der Waals surface area contributed by atoms with Crippen LogP contribution in [0.25, 0.3) is 0 Å². The van der Waals surface area contributed by atoms with E-state index in [2.05, 4.69) is 31.3 Å². The predicted octanol–water partition coefficient (Wildman–Crippen LogP) is 2.46. The number of hydrogen-bond acceptors (Lipinski definition) is 2. The molecule has 1 fully saturated rings. The highest BCUT2D eigenvalue weighted by Gasteiger charge is 2.41. The Morgan fingerprint density at radius 3 is 2.31 bits per heavy atom. The maximum atomic E-state index is 8.95. The zero-order valence-electron chi connectivity index (χ0n) is 10.2. The minimum absolute atomic E-state index is 0.127. The molecule has 1 unspecified atom stereocenters. The van der Waals surface area contributed by atoms with Gasteiger partial charge < -0.3 is 10.4 Å². The number of benzene rings is 1. The van der Waals surface area contributed by atoms with Crippen LogP contribution in [0.15, 0.2) is 24.3 Å². The molecule has 2 nitrogen and oxygen atoms in total. The predicted molar refractivity (Wildman–Crippen MR) is 66.0 cm³/mol. The van der Waals surface area contributed by atoms with Crippen molar-refractivity contribution in [2.75, 3.05) is 0 Å². The van der Waals surface area contributed by atoms with Gasteiger partial charge in [0.05, 0.1) is 6.61 Å². The SMILES string of the molecule is CC(NCc1ccc(CO)cc1)C1(C)CC1. The summed E-state index contributed by atoms with van der Waals surface area (Å²) >= 11 is 0. The van der Waals surface area contributed by atoms with Gasteiger partial charge in [0.25, 0.3) is 0 Å². The standard InChI is InChI=1S/C14H21NO/c1-11(14(2)7-8-14)15-9-12-3-5-13(10-16)6-4-12/h3-6,11,15-16H,7-10H2,1-2H3. The van der Waals surface area contributed by atoms with Gasteiger partial charge >= 0.3 is 0 Å². The highest BCUT2D eigenvalue weighted by Crippen LogP contribution is 2.47. The second-order valence-corrected chi connectivity index (χ2v) is 5.23. The van der Waals surface area contributed by atoms with Gasteiger partial charge in [0.15, 0.2) is 0 Å². The first kappa shape index (κ1) is 11.6. The molecule has 0 amide bonds. The molecule has 0 aromatic heterocycles. The Morgan fingerprint density at radius 1 is 1.25 bits per heavy atom. The molecule has 0 saturated heterocycles. The van der Waals surface area contributed by atoms with E-state index in [1.807, 2.05) is 12.1 Å². The van der Waals surface area contributed by atoms with Crippen molar-refractivity contribution in [2.24, 2.45) is 5.41 Å². The Morgan fingerprint density at radius 2 is 1.81 bits per heavy atom. The van der Waals surface area contributed by atoms with E-state index in [1.54, 1.807) is 0 Å². The fraction of sp³-hybridized carbons (Fsp3) is 0.571. The van der Waals surface area contributed by atoms with E-state index in [0.717, 1.165) is 12.1 Å². The Hall–Kier alpha value is -0.860. The Balaban J connectivity index is 1.84. The molecule has 2 N–H and O–H groups in total. The second kappa shape index (κ2) is 4.56. The van der Waals surface area contributed by atoms with Crippen molar-refractivity contribution < 1.29 is 5.11 Å². The van der Waals surface area contributed by atoms with Crippen LogP contribution in [0.2, 0.25) is 0 Å². The minimum Gasteiger partial charge on any atom is -0.392 e. The lowest BCUT2D eigenvalue weighted by molar-refractivity contribution is 0.282. The van der Waals surface area contributed by atoms with Crippen LogP contribution < -0.4 is 5.32 Å². The summed E-state index contributed by atoms with van der Waals surface area (Å²) in [6, 6.07) is 8.73. The summed E-state index contributed by atoms with van der Waals surface area (Å²) in [5.41, 5.74) is 2.80. The fourth-order valence-electron chi connectivity index (χ4n) is 1.91. The molecule has 2 rings (SSSR count). The quantitative estimate of drug-likeness (QED) is 0.797. The Kier molecular flexibility index (Phi) is 3.31. The first-order valence-electron chi connectivity index (χ1n) is 6.06. The average Bonchev–Trinajstić information content (AvgIpc) is 3.06. The van der Waals surface area contributed by atoms with Crippen LogP contribution in [0.4, 0.5) is 0 Å². The van der Waals surface area contributed by atoms with Gasteiger partial charge in [-0.15, -0.1) is 0 Å². The monoisotopic (exact) mass is 219 g/mol. The lowest BCUT2D eigenvalue weighted by atomic mass is 10.0. The van der Waals surface area contributed by atoms with Crippen molar-refractivity contribution in [1.29, 1.82) is 0 Å². The molecule has 1 aromatic rings. The van der Waals surface area contributed by atoms with Crippen molar-refractivity contribution in [1.82, 2.24) is 5.32 Å². The zero-order chi connectivity index (χ0) is 11.6. The molecular formula is C14H21NO. The van der Waals surface area contributed by atoms with Gasteiger partial charge in [0.2, 0.25) is 0 Å². The van der Waals surface area contributed by atoms with Crippen molar-refractivity contribution in [2.45, 2.75) is 45.9 Å². The maximum absolute atomic E-state index is 8.95. The molecule has 0 spiro atoms. The van der Waals surface area contributed by atoms with E-state index < -0.39 is 0 Å². The molecule has 0 heterocycles.